The molecule has 1 aliphatic carbocycles. The average molecular weight is 367 g/mol. The highest BCUT2D eigenvalue weighted by molar-refractivity contribution is 6.76. The summed E-state index contributed by atoms with van der Waals surface area (Å²) in [5, 5.41) is 13.7. The number of ether oxygens (including phenoxy) is 1. The Hall–Kier alpha value is -1.80. The van der Waals surface area contributed by atoms with Crippen molar-refractivity contribution >= 4 is 8.07 Å². The second-order valence-corrected chi connectivity index (χ2v) is 13.3. The van der Waals surface area contributed by atoms with Crippen LogP contribution >= 0.6 is 0 Å². The Morgan fingerprint density at radius 3 is 2.48 bits per heavy atom. The molecular weight excluding hydrogens is 344 g/mol. The summed E-state index contributed by atoms with van der Waals surface area (Å²) in [5.41, 5.74) is 0.703. The van der Waals surface area contributed by atoms with Crippen molar-refractivity contribution < 1.29 is 18.6 Å². The Labute approximate surface area is 146 Å². The van der Waals surface area contributed by atoms with Gasteiger partial charge < -0.3 is 9.84 Å². The lowest BCUT2D eigenvalue weighted by Crippen LogP contribution is -2.22. The highest BCUT2D eigenvalue weighted by Gasteiger charge is 2.60. The first kappa shape index (κ1) is 18.0. The number of nitrogens with zero attached hydrogens (tertiary/aromatic N) is 3. The average Bonchev–Trinajstić information content (AvgIpc) is 2.97. The maximum atomic E-state index is 13.4. The van der Waals surface area contributed by atoms with Crippen molar-refractivity contribution in [2.45, 2.75) is 50.7 Å². The third-order valence-corrected chi connectivity index (χ3v) is 5.87. The molecule has 1 heterocycles. The van der Waals surface area contributed by atoms with Gasteiger partial charge in [-0.2, -0.15) is 5.10 Å². The molecule has 136 valence electrons. The number of hydrogen-bond donors (Lipinski definition) is 1. The fraction of sp³-hybridized carbons (Fsp3) is 0.529. The molecule has 0 spiro atoms. The Bertz CT molecular complexity index is 741. The lowest BCUT2D eigenvalue weighted by Gasteiger charge is -2.15. The number of halogens is 2. The zero-order chi connectivity index (χ0) is 18.2. The lowest BCUT2D eigenvalue weighted by molar-refractivity contribution is 0.0787. The predicted octanol–water partition coefficient (Wildman–Crippen LogP) is 4.09. The third kappa shape index (κ3) is 4.43. The molecular formula is C17H23F2N3O2Si. The second-order valence-electron chi connectivity index (χ2n) is 7.71. The summed E-state index contributed by atoms with van der Waals surface area (Å²) in [6.07, 6.45) is -0.206. The number of phenolic OH excluding ortho intramolecular Hbond substituents is 1. The van der Waals surface area contributed by atoms with Crippen molar-refractivity contribution in [2.75, 3.05) is 6.61 Å². The third-order valence-electron chi connectivity index (χ3n) is 4.16. The minimum absolute atomic E-state index is 0.134. The molecule has 3 rings (SSSR count). The molecule has 1 fully saturated rings. The Kier molecular flexibility index (Phi) is 4.67. The van der Waals surface area contributed by atoms with Crippen molar-refractivity contribution in [2.24, 2.45) is 0 Å². The molecule has 0 aliphatic heterocycles. The van der Waals surface area contributed by atoms with Gasteiger partial charge in [0.05, 0.1) is 5.92 Å². The summed E-state index contributed by atoms with van der Waals surface area (Å²) in [6.45, 7) is 7.58. The minimum Gasteiger partial charge on any atom is -0.508 e. The van der Waals surface area contributed by atoms with E-state index in [-0.39, 0.29) is 24.7 Å². The first-order valence-electron chi connectivity index (χ1n) is 8.35. The van der Waals surface area contributed by atoms with Gasteiger partial charge in [-0.05, 0) is 30.3 Å². The van der Waals surface area contributed by atoms with Crippen LogP contribution in [0.25, 0.3) is 11.4 Å². The van der Waals surface area contributed by atoms with E-state index in [0.29, 0.717) is 18.0 Å². The molecule has 1 atom stereocenters. The summed E-state index contributed by atoms with van der Waals surface area (Å²) >= 11 is 0. The second kappa shape index (κ2) is 6.49. The predicted molar refractivity (Wildman–Crippen MR) is 93.5 cm³/mol. The van der Waals surface area contributed by atoms with Crippen LogP contribution in [-0.4, -0.2) is 40.5 Å². The van der Waals surface area contributed by atoms with Gasteiger partial charge in [-0.3, -0.25) is 0 Å². The summed E-state index contributed by atoms with van der Waals surface area (Å²) < 4.78 is 34.0. The van der Waals surface area contributed by atoms with Gasteiger partial charge in [0.2, 0.25) is 0 Å². The topological polar surface area (TPSA) is 60.2 Å². The van der Waals surface area contributed by atoms with Gasteiger partial charge in [0.1, 0.15) is 12.5 Å². The molecule has 1 unspecified atom stereocenters. The molecule has 1 aliphatic rings. The summed E-state index contributed by atoms with van der Waals surface area (Å²) in [5.74, 6) is -2.86. The van der Waals surface area contributed by atoms with Crippen LogP contribution in [0.15, 0.2) is 24.3 Å². The maximum Gasteiger partial charge on any atom is 0.259 e. The number of aromatic nitrogens is 3. The first-order chi connectivity index (χ1) is 11.7. The van der Waals surface area contributed by atoms with Crippen LogP contribution in [-0.2, 0) is 11.5 Å². The molecule has 0 radical (unpaired) electrons. The molecule has 8 heteroatoms. The Morgan fingerprint density at radius 1 is 1.28 bits per heavy atom. The van der Waals surface area contributed by atoms with E-state index in [4.69, 9.17) is 4.74 Å². The molecule has 0 amide bonds. The van der Waals surface area contributed by atoms with E-state index in [9.17, 15) is 13.9 Å². The number of phenols is 1. The quantitative estimate of drug-likeness (QED) is 0.592. The van der Waals surface area contributed by atoms with E-state index in [1.165, 1.54) is 16.8 Å². The van der Waals surface area contributed by atoms with Gasteiger partial charge in [0.15, 0.2) is 11.6 Å². The highest BCUT2D eigenvalue weighted by Crippen LogP contribution is 2.54. The number of alkyl halides is 2. The van der Waals surface area contributed by atoms with E-state index >= 15 is 0 Å². The molecule has 1 aromatic heterocycles. The molecule has 25 heavy (non-hydrogen) atoms. The normalized spacial score (nSPS) is 19.2. The fourth-order valence-corrected chi connectivity index (χ4v) is 3.20. The molecule has 2 aromatic rings. The van der Waals surface area contributed by atoms with E-state index in [1.807, 2.05) is 0 Å². The smallest absolute Gasteiger partial charge is 0.259 e. The van der Waals surface area contributed by atoms with E-state index in [1.54, 1.807) is 12.1 Å². The molecule has 1 saturated carbocycles. The van der Waals surface area contributed by atoms with Gasteiger partial charge in [0, 0.05) is 26.7 Å². The van der Waals surface area contributed by atoms with Crippen LogP contribution in [0.3, 0.4) is 0 Å². The Morgan fingerprint density at radius 2 is 1.92 bits per heavy atom. The molecule has 5 nitrogen and oxygen atoms in total. The van der Waals surface area contributed by atoms with Crippen molar-refractivity contribution in [3.8, 4) is 17.1 Å². The summed E-state index contributed by atoms with van der Waals surface area (Å²) in [6, 6.07) is 7.46. The maximum absolute atomic E-state index is 13.4. The zero-order valence-electron chi connectivity index (χ0n) is 14.7. The monoisotopic (exact) mass is 367 g/mol. The van der Waals surface area contributed by atoms with Crippen molar-refractivity contribution in [3.05, 3.63) is 30.1 Å². The van der Waals surface area contributed by atoms with E-state index in [2.05, 4.69) is 29.7 Å². The van der Waals surface area contributed by atoms with Crippen LogP contribution in [0.2, 0.25) is 25.7 Å². The van der Waals surface area contributed by atoms with Gasteiger partial charge >= 0.3 is 0 Å². The Balaban J connectivity index is 1.78. The van der Waals surface area contributed by atoms with Gasteiger partial charge in [0.25, 0.3) is 5.92 Å². The number of aromatic hydroxyl groups is 1. The van der Waals surface area contributed by atoms with E-state index in [0.717, 1.165) is 6.04 Å². The lowest BCUT2D eigenvalue weighted by atomic mass is 10.2. The van der Waals surface area contributed by atoms with Gasteiger partial charge in [-0.25, -0.2) is 18.4 Å². The van der Waals surface area contributed by atoms with Crippen LogP contribution in [0.1, 0.15) is 18.2 Å². The SMILES string of the molecule is C[Si](C)(C)CCOCn1nc(C2CC2(F)F)nc1-c1ccc(O)cc1. The van der Waals surface area contributed by atoms with E-state index < -0.39 is 19.9 Å². The molecule has 1 aromatic carbocycles. The number of rotatable bonds is 7. The van der Waals surface area contributed by atoms with Crippen LogP contribution in [0, 0.1) is 0 Å². The zero-order valence-corrected chi connectivity index (χ0v) is 15.7. The molecule has 0 saturated heterocycles. The number of benzene rings is 1. The van der Waals surface area contributed by atoms with Crippen molar-refractivity contribution in [1.29, 1.82) is 0 Å². The first-order valence-corrected chi connectivity index (χ1v) is 12.1. The highest BCUT2D eigenvalue weighted by atomic mass is 28.3. The van der Waals surface area contributed by atoms with Crippen LogP contribution in [0.5, 0.6) is 5.75 Å². The minimum atomic E-state index is -2.71. The standard InChI is InChI=1S/C17H23F2N3O2Si/c1-25(2,3)9-8-24-11-22-16(12-4-6-13(23)7-5-12)20-15(21-22)14-10-17(14,18)19/h4-7,14,23H,8-11H2,1-3H3. The number of hydrogen-bond acceptors (Lipinski definition) is 4. The largest absolute Gasteiger partial charge is 0.508 e. The van der Waals surface area contributed by atoms with Crippen LogP contribution in [0.4, 0.5) is 8.78 Å². The van der Waals surface area contributed by atoms with Crippen molar-refractivity contribution in [1.82, 2.24) is 14.8 Å². The van der Waals surface area contributed by atoms with Crippen molar-refractivity contribution in [3.63, 3.8) is 0 Å². The molecule has 1 N–H and O–H groups in total. The van der Waals surface area contributed by atoms with Gasteiger partial charge in [-0.15, -0.1) is 0 Å². The van der Waals surface area contributed by atoms with Crippen LogP contribution < -0.4 is 0 Å². The fourth-order valence-electron chi connectivity index (χ4n) is 2.44. The molecule has 0 bridgehead atoms. The summed E-state index contributed by atoms with van der Waals surface area (Å²) in [7, 11) is -1.20. The van der Waals surface area contributed by atoms with Gasteiger partial charge in [-0.1, -0.05) is 19.6 Å². The summed E-state index contributed by atoms with van der Waals surface area (Å²) in [4.78, 5) is 4.31.